The van der Waals surface area contributed by atoms with Gasteiger partial charge in [0.2, 0.25) is 5.91 Å². The summed E-state index contributed by atoms with van der Waals surface area (Å²) in [6.45, 7) is 9.76. The zero-order chi connectivity index (χ0) is 13.6. The number of carboxylic acids is 1. The van der Waals surface area contributed by atoms with E-state index in [0.717, 1.165) is 6.42 Å². The smallest absolute Gasteiger partial charge is 0.326 e. The third kappa shape index (κ3) is 5.71. The molecule has 0 aromatic heterocycles. The van der Waals surface area contributed by atoms with E-state index in [1.807, 2.05) is 34.6 Å². The molecule has 0 aliphatic heterocycles. The fourth-order valence-corrected chi connectivity index (χ4v) is 1.61. The molecule has 4 heteroatoms. The van der Waals surface area contributed by atoms with Gasteiger partial charge in [-0.15, -0.1) is 0 Å². The van der Waals surface area contributed by atoms with Crippen LogP contribution in [-0.4, -0.2) is 23.0 Å². The Morgan fingerprint density at radius 3 is 2.06 bits per heavy atom. The van der Waals surface area contributed by atoms with Crippen LogP contribution < -0.4 is 5.32 Å². The highest BCUT2D eigenvalue weighted by Crippen LogP contribution is 2.15. The van der Waals surface area contributed by atoms with Crippen molar-refractivity contribution in [3.05, 3.63) is 0 Å². The Bertz CT molecular complexity index is 263. The average molecular weight is 243 g/mol. The molecule has 2 N–H and O–H groups in total. The standard InChI is InChI=1S/C13H25NO3/c1-6-9(4)10(5)12(15)14-11(13(16)17)7-8(2)3/h8-11H,6-7H2,1-5H3,(H,14,15)(H,16,17)/t9?,10?,11-/m0/s1. The van der Waals surface area contributed by atoms with Gasteiger partial charge in [-0.2, -0.15) is 0 Å². The SMILES string of the molecule is CCC(C)C(C)C(=O)N[C@@H](CC(C)C)C(=O)O. The van der Waals surface area contributed by atoms with E-state index >= 15 is 0 Å². The number of nitrogens with one attached hydrogen (secondary N) is 1. The third-order valence-electron chi connectivity index (χ3n) is 3.23. The Hall–Kier alpha value is -1.06. The fraction of sp³-hybridized carbons (Fsp3) is 0.846. The molecular formula is C13H25NO3. The average Bonchev–Trinajstić information content (AvgIpc) is 2.25. The molecule has 0 aliphatic rings. The number of carbonyl (C=O) groups is 2. The summed E-state index contributed by atoms with van der Waals surface area (Å²) in [5.41, 5.74) is 0. The van der Waals surface area contributed by atoms with Crippen LogP contribution >= 0.6 is 0 Å². The first kappa shape index (κ1) is 15.9. The van der Waals surface area contributed by atoms with Crippen LogP contribution in [0.5, 0.6) is 0 Å². The highest BCUT2D eigenvalue weighted by atomic mass is 16.4. The maximum absolute atomic E-state index is 11.9. The minimum absolute atomic E-state index is 0.144. The highest BCUT2D eigenvalue weighted by molar-refractivity contribution is 5.84. The topological polar surface area (TPSA) is 66.4 Å². The minimum atomic E-state index is -0.955. The lowest BCUT2D eigenvalue weighted by Gasteiger charge is -2.22. The zero-order valence-electron chi connectivity index (χ0n) is 11.5. The van der Waals surface area contributed by atoms with Crippen molar-refractivity contribution in [2.45, 2.75) is 53.5 Å². The monoisotopic (exact) mass is 243 g/mol. The number of hydrogen-bond donors (Lipinski definition) is 2. The second kappa shape index (κ2) is 7.30. The van der Waals surface area contributed by atoms with Crippen LogP contribution in [0.25, 0.3) is 0 Å². The molecule has 0 saturated carbocycles. The summed E-state index contributed by atoms with van der Waals surface area (Å²) in [6, 6.07) is -0.769. The van der Waals surface area contributed by atoms with Crippen LogP contribution in [0.1, 0.15) is 47.5 Å². The van der Waals surface area contributed by atoms with Crippen LogP contribution in [0.15, 0.2) is 0 Å². The number of rotatable bonds is 7. The first-order valence-corrected chi connectivity index (χ1v) is 6.32. The second-order valence-electron chi connectivity index (χ2n) is 5.20. The quantitative estimate of drug-likeness (QED) is 0.721. The molecule has 1 amide bonds. The van der Waals surface area contributed by atoms with Gasteiger partial charge in [0.25, 0.3) is 0 Å². The largest absolute Gasteiger partial charge is 0.480 e. The van der Waals surface area contributed by atoms with Crippen molar-refractivity contribution in [2.75, 3.05) is 0 Å². The highest BCUT2D eigenvalue weighted by Gasteiger charge is 2.25. The normalized spacial score (nSPS) is 16.4. The molecule has 0 aromatic rings. The summed E-state index contributed by atoms with van der Waals surface area (Å²) in [6.07, 6.45) is 1.38. The Morgan fingerprint density at radius 1 is 1.18 bits per heavy atom. The molecule has 0 spiro atoms. The third-order valence-corrected chi connectivity index (χ3v) is 3.23. The molecule has 4 nitrogen and oxygen atoms in total. The van der Waals surface area contributed by atoms with Gasteiger partial charge >= 0.3 is 5.97 Å². The first-order valence-electron chi connectivity index (χ1n) is 6.32. The predicted octanol–water partition coefficient (Wildman–Crippen LogP) is 2.28. The molecule has 17 heavy (non-hydrogen) atoms. The van der Waals surface area contributed by atoms with Gasteiger partial charge < -0.3 is 10.4 Å². The van der Waals surface area contributed by atoms with Crippen molar-refractivity contribution in [3.63, 3.8) is 0 Å². The van der Waals surface area contributed by atoms with Crippen LogP contribution in [0.2, 0.25) is 0 Å². The lowest BCUT2D eigenvalue weighted by Crippen LogP contribution is -2.44. The van der Waals surface area contributed by atoms with Crippen molar-refractivity contribution in [3.8, 4) is 0 Å². The molecule has 0 aliphatic carbocycles. The fourth-order valence-electron chi connectivity index (χ4n) is 1.61. The summed E-state index contributed by atoms with van der Waals surface area (Å²) in [5.74, 6) is -0.747. The van der Waals surface area contributed by atoms with E-state index in [2.05, 4.69) is 5.32 Å². The molecule has 0 bridgehead atoms. The number of carboxylic acid groups (broad SMARTS) is 1. The molecule has 0 rings (SSSR count). The van der Waals surface area contributed by atoms with Crippen molar-refractivity contribution in [2.24, 2.45) is 17.8 Å². The van der Waals surface area contributed by atoms with Crippen LogP contribution in [0.3, 0.4) is 0 Å². The lowest BCUT2D eigenvalue weighted by atomic mass is 9.92. The molecule has 100 valence electrons. The van der Waals surface area contributed by atoms with Gasteiger partial charge in [0.05, 0.1) is 0 Å². The van der Waals surface area contributed by atoms with Crippen LogP contribution in [-0.2, 0) is 9.59 Å². The van der Waals surface area contributed by atoms with E-state index in [-0.39, 0.29) is 23.7 Å². The van der Waals surface area contributed by atoms with Gasteiger partial charge in [-0.05, 0) is 18.3 Å². The zero-order valence-corrected chi connectivity index (χ0v) is 11.5. The van der Waals surface area contributed by atoms with E-state index in [9.17, 15) is 9.59 Å². The molecular weight excluding hydrogens is 218 g/mol. The molecule has 0 radical (unpaired) electrons. The van der Waals surface area contributed by atoms with E-state index < -0.39 is 12.0 Å². The Labute approximate surface area is 104 Å². The maximum Gasteiger partial charge on any atom is 0.326 e. The summed E-state index contributed by atoms with van der Waals surface area (Å²) >= 11 is 0. The van der Waals surface area contributed by atoms with Crippen molar-refractivity contribution >= 4 is 11.9 Å². The molecule has 0 aromatic carbocycles. The van der Waals surface area contributed by atoms with E-state index in [4.69, 9.17) is 5.11 Å². The number of aliphatic carboxylic acids is 1. The molecule has 0 heterocycles. The number of carbonyl (C=O) groups excluding carboxylic acids is 1. The van der Waals surface area contributed by atoms with E-state index in [1.54, 1.807) is 0 Å². The first-order chi connectivity index (χ1) is 7.79. The predicted molar refractivity (Wildman–Crippen MR) is 67.6 cm³/mol. The lowest BCUT2D eigenvalue weighted by molar-refractivity contribution is -0.143. The van der Waals surface area contributed by atoms with Gasteiger partial charge in [0.1, 0.15) is 6.04 Å². The van der Waals surface area contributed by atoms with Crippen LogP contribution in [0, 0.1) is 17.8 Å². The maximum atomic E-state index is 11.9. The number of amides is 1. The summed E-state index contributed by atoms with van der Waals surface area (Å²) in [5, 5.41) is 11.7. The Kier molecular flexibility index (Phi) is 6.85. The van der Waals surface area contributed by atoms with E-state index in [0.29, 0.717) is 6.42 Å². The Balaban J connectivity index is 4.45. The van der Waals surface area contributed by atoms with Gasteiger partial charge in [-0.25, -0.2) is 4.79 Å². The van der Waals surface area contributed by atoms with Crippen molar-refractivity contribution in [1.29, 1.82) is 0 Å². The summed E-state index contributed by atoms with van der Waals surface area (Å²) in [4.78, 5) is 22.9. The second-order valence-corrected chi connectivity index (χ2v) is 5.20. The van der Waals surface area contributed by atoms with E-state index in [1.165, 1.54) is 0 Å². The van der Waals surface area contributed by atoms with Gasteiger partial charge in [0, 0.05) is 5.92 Å². The summed E-state index contributed by atoms with van der Waals surface area (Å²) in [7, 11) is 0. The summed E-state index contributed by atoms with van der Waals surface area (Å²) < 4.78 is 0. The van der Waals surface area contributed by atoms with Gasteiger partial charge in [0.15, 0.2) is 0 Å². The molecule has 0 fully saturated rings. The Morgan fingerprint density at radius 2 is 1.71 bits per heavy atom. The van der Waals surface area contributed by atoms with Gasteiger partial charge in [-0.1, -0.05) is 41.0 Å². The van der Waals surface area contributed by atoms with Crippen LogP contribution in [0.4, 0.5) is 0 Å². The molecule has 3 atom stereocenters. The van der Waals surface area contributed by atoms with Gasteiger partial charge in [-0.3, -0.25) is 4.79 Å². The van der Waals surface area contributed by atoms with Crippen molar-refractivity contribution < 1.29 is 14.7 Å². The van der Waals surface area contributed by atoms with Crippen molar-refractivity contribution in [1.82, 2.24) is 5.32 Å². The molecule has 2 unspecified atom stereocenters. The minimum Gasteiger partial charge on any atom is -0.480 e. The number of hydrogen-bond acceptors (Lipinski definition) is 2. The molecule has 0 saturated heterocycles.